The van der Waals surface area contributed by atoms with E-state index >= 15 is 0 Å². The third kappa shape index (κ3) is 5.71. The second-order valence-corrected chi connectivity index (χ2v) is 9.39. The van der Waals surface area contributed by atoms with Gasteiger partial charge in [0.1, 0.15) is 6.61 Å². The van der Waals surface area contributed by atoms with Gasteiger partial charge in [0, 0.05) is 33.3 Å². The number of para-hydroxylation sites is 1. The lowest BCUT2D eigenvalue weighted by Crippen LogP contribution is -2.41. The fourth-order valence-corrected chi connectivity index (χ4v) is 4.23. The molecular formula is C25H22Br2N2O5. The zero-order valence-electron chi connectivity index (χ0n) is 18.1. The van der Waals surface area contributed by atoms with Crippen LogP contribution in [-0.2, 0) is 4.79 Å². The van der Waals surface area contributed by atoms with Crippen LogP contribution in [0.3, 0.4) is 0 Å². The van der Waals surface area contributed by atoms with Crippen molar-refractivity contribution in [3.63, 3.8) is 0 Å². The summed E-state index contributed by atoms with van der Waals surface area (Å²) >= 11 is 6.87. The van der Waals surface area contributed by atoms with Gasteiger partial charge >= 0.3 is 5.97 Å². The summed E-state index contributed by atoms with van der Waals surface area (Å²) in [4.78, 5) is 28.2. The Bertz CT molecular complexity index is 1170. The maximum Gasteiger partial charge on any atom is 0.341 e. The number of nitrogens with zero attached hydrogens (tertiary/aromatic N) is 2. The average Bonchev–Trinajstić information content (AvgIpc) is 2.84. The van der Waals surface area contributed by atoms with Crippen LogP contribution in [0.25, 0.3) is 0 Å². The number of amides is 1. The van der Waals surface area contributed by atoms with Gasteiger partial charge in [-0.3, -0.25) is 4.79 Å². The first-order valence-corrected chi connectivity index (χ1v) is 12.2. The summed E-state index contributed by atoms with van der Waals surface area (Å²) in [5.74, 6) is -0.242. The van der Waals surface area contributed by atoms with Crippen LogP contribution < -0.4 is 19.3 Å². The Morgan fingerprint density at radius 3 is 2.35 bits per heavy atom. The molecule has 0 fully saturated rings. The zero-order valence-corrected chi connectivity index (χ0v) is 21.3. The highest BCUT2D eigenvalue weighted by atomic mass is 79.9. The molecule has 1 N–H and O–H groups in total. The first-order chi connectivity index (χ1) is 16.4. The molecule has 0 aliphatic carbocycles. The Labute approximate surface area is 214 Å². The molecule has 0 aromatic heterocycles. The molecule has 1 heterocycles. The second-order valence-electron chi connectivity index (χ2n) is 7.56. The summed E-state index contributed by atoms with van der Waals surface area (Å²) in [6, 6.07) is 20.3. The van der Waals surface area contributed by atoms with E-state index in [0.717, 1.165) is 20.3 Å². The normalized spacial score (nSPS) is 12.5. The van der Waals surface area contributed by atoms with Crippen molar-refractivity contribution in [2.45, 2.75) is 0 Å². The number of carbonyl (C=O) groups excluding carboxylic acids is 1. The molecule has 3 aromatic rings. The van der Waals surface area contributed by atoms with E-state index in [1.165, 1.54) is 0 Å². The van der Waals surface area contributed by atoms with Crippen LogP contribution in [0, 0.1) is 0 Å². The lowest BCUT2D eigenvalue weighted by Gasteiger charge is -2.34. The van der Waals surface area contributed by atoms with Gasteiger partial charge in [-0.25, -0.2) is 4.79 Å². The quantitative estimate of drug-likeness (QED) is 0.388. The van der Waals surface area contributed by atoms with Gasteiger partial charge in [0.05, 0.1) is 12.2 Å². The van der Waals surface area contributed by atoms with E-state index < -0.39 is 12.6 Å². The monoisotopic (exact) mass is 588 g/mol. The van der Waals surface area contributed by atoms with E-state index in [1.807, 2.05) is 42.5 Å². The van der Waals surface area contributed by atoms with Crippen molar-refractivity contribution >= 4 is 55.1 Å². The number of carboxylic acid groups (broad SMARTS) is 1. The van der Waals surface area contributed by atoms with Crippen molar-refractivity contribution < 1.29 is 24.2 Å². The molecule has 0 radical (unpaired) electrons. The highest BCUT2D eigenvalue weighted by Gasteiger charge is 2.24. The van der Waals surface area contributed by atoms with Crippen molar-refractivity contribution in [2.75, 3.05) is 42.6 Å². The molecule has 34 heavy (non-hydrogen) atoms. The Hall–Kier alpha value is -3.04. The molecule has 9 heteroatoms. The molecule has 0 saturated carbocycles. The SMILES string of the molecule is O=C(O)COc1cccc2c1OCCN2CCN(C(=O)c1ccc(Br)cc1)c1ccc(Br)cc1. The van der Waals surface area contributed by atoms with Crippen molar-refractivity contribution in [2.24, 2.45) is 0 Å². The third-order valence-electron chi connectivity index (χ3n) is 5.33. The number of fused-ring (bicyclic) bond motifs is 1. The summed E-state index contributed by atoms with van der Waals surface area (Å²) in [7, 11) is 0. The molecule has 3 aromatic carbocycles. The highest BCUT2D eigenvalue weighted by Crippen LogP contribution is 2.40. The Morgan fingerprint density at radius 1 is 1.00 bits per heavy atom. The van der Waals surface area contributed by atoms with E-state index in [9.17, 15) is 9.59 Å². The molecule has 1 amide bonds. The number of carbonyl (C=O) groups is 2. The zero-order chi connectivity index (χ0) is 24.1. The second kappa shape index (κ2) is 10.9. The fourth-order valence-electron chi connectivity index (χ4n) is 3.70. The maximum atomic E-state index is 13.4. The smallest absolute Gasteiger partial charge is 0.341 e. The van der Waals surface area contributed by atoms with Gasteiger partial charge in [0.25, 0.3) is 5.91 Å². The number of benzene rings is 3. The van der Waals surface area contributed by atoms with Crippen LogP contribution in [0.2, 0.25) is 0 Å². The van der Waals surface area contributed by atoms with Crippen LogP contribution >= 0.6 is 31.9 Å². The Balaban J connectivity index is 1.57. The van der Waals surface area contributed by atoms with Crippen LogP contribution in [0.1, 0.15) is 10.4 Å². The van der Waals surface area contributed by atoms with Gasteiger partial charge in [-0.15, -0.1) is 0 Å². The molecular weight excluding hydrogens is 568 g/mol. The van der Waals surface area contributed by atoms with Crippen molar-refractivity contribution in [1.29, 1.82) is 0 Å². The van der Waals surface area contributed by atoms with Crippen LogP contribution in [0.5, 0.6) is 11.5 Å². The highest BCUT2D eigenvalue weighted by molar-refractivity contribution is 9.10. The minimum Gasteiger partial charge on any atom is -0.486 e. The molecule has 1 aliphatic rings. The average molecular weight is 590 g/mol. The van der Waals surface area contributed by atoms with Crippen LogP contribution in [0.15, 0.2) is 75.7 Å². The fraction of sp³-hybridized carbons (Fsp3) is 0.200. The largest absolute Gasteiger partial charge is 0.486 e. The molecule has 4 rings (SSSR count). The number of rotatable bonds is 8. The molecule has 0 bridgehead atoms. The molecule has 7 nitrogen and oxygen atoms in total. The van der Waals surface area contributed by atoms with E-state index in [1.54, 1.807) is 29.2 Å². The predicted molar refractivity (Wildman–Crippen MR) is 137 cm³/mol. The lowest BCUT2D eigenvalue weighted by molar-refractivity contribution is -0.139. The number of aliphatic carboxylic acids is 1. The Kier molecular flexibility index (Phi) is 7.74. The maximum absolute atomic E-state index is 13.4. The van der Waals surface area contributed by atoms with Crippen molar-refractivity contribution in [1.82, 2.24) is 0 Å². The van der Waals surface area contributed by atoms with Crippen molar-refractivity contribution in [3.8, 4) is 11.5 Å². The van der Waals surface area contributed by atoms with Gasteiger partial charge in [-0.05, 0) is 60.7 Å². The number of anilines is 2. The first kappa shape index (κ1) is 24.1. The van der Waals surface area contributed by atoms with E-state index in [4.69, 9.17) is 14.6 Å². The van der Waals surface area contributed by atoms with Gasteiger partial charge in [-0.1, -0.05) is 37.9 Å². The number of hydrogen-bond acceptors (Lipinski definition) is 5. The standard InChI is InChI=1S/C25H22Br2N2O5/c26-18-6-4-17(5-7-18)25(32)29(20-10-8-19(27)9-11-20)13-12-28-14-15-33-24-21(28)2-1-3-22(24)34-16-23(30)31/h1-11H,12-16H2,(H,30,31). The van der Waals surface area contributed by atoms with E-state index in [-0.39, 0.29) is 5.91 Å². The molecule has 0 unspecified atom stereocenters. The minimum atomic E-state index is -1.05. The molecule has 0 atom stereocenters. The topological polar surface area (TPSA) is 79.3 Å². The summed E-state index contributed by atoms with van der Waals surface area (Å²) in [5.41, 5.74) is 2.20. The summed E-state index contributed by atoms with van der Waals surface area (Å²) in [5, 5.41) is 8.94. The van der Waals surface area contributed by atoms with Crippen LogP contribution in [0.4, 0.5) is 11.4 Å². The number of carboxylic acids is 1. The predicted octanol–water partition coefficient (Wildman–Crippen LogP) is 5.22. The van der Waals surface area contributed by atoms with Gasteiger partial charge < -0.3 is 24.4 Å². The minimum absolute atomic E-state index is 0.0955. The molecule has 0 spiro atoms. The number of hydrogen-bond donors (Lipinski definition) is 1. The summed E-state index contributed by atoms with van der Waals surface area (Å²) < 4.78 is 13.0. The Morgan fingerprint density at radius 2 is 1.68 bits per heavy atom. The van der Waals surface area contributed by atoms with E-state index in [2.05, 4.69) is 36.8 Å². The molecule has 176 valence electrons. The number of halogens is 2. The van der Waals surface area contributed by atoms with Crippen LogP contribution in [-0.4, -0.2) is 49.8 Å². The lowest BCUT2D eigenvalue weighted by atomic mass is 10.1. The third-order valence-corrected chi connectivity index (χ3v) is 6.38. The number of ether oxygens (including phenoxy) is 2. The summed E-state index contributed by atoms with van der Waals surface area (Å²) in [6.45, 7) is 1.61. The van der Waals surface area contributed by atoms with Gasteiger partial charge in [-0.2, -0.15) is 0 Å². The van der Waals surface area contributed by atoms with Crippen molar-refractivity contribution in [3.05, 3.63) is 81.2 Å². The van der Waals surface area contributed by atoms with E-state index in [0.29, 0.717) is 43.3 Å². The first-order valence-electron chi connectivity index (χ1n) is 10.6. The van der Waals surface area contributed by atoms with Gasteiger partial charge in [0.2, 0.25) is 0 Å². The molecule has 0 saturated heterocycles. The van der Waals surface area contributed by atoms with Gasteiger partial charge in [0.15, 0.2) is 18.1 Å². The molecule has 1 aliphatic heterocycles. The summed E-state index contributed by atoms with van der Waals surface area (Å²) in [6.07, 6.45) is 0.